The molecule has 4 fully saturated rings. The predicted octanol–water partition coefficient (Wildman–Crippen LogP) is 2.62. The summed E-state index contributed by atoms with van der Waals surface area (Å²) in [7, 11) is 0. The lowest BCUT2D eigenvalue weighted by atomic mass is 9.52. The third-order valence-corrected chi connectivity index (χ3v) is 6.13. The van der Waals surface area contributed by atoms with Crippen molar-refractivity contribution >= 4 is 0 Å². The summed E-state index contributed by atoms with van der Waals surface area (Å²) in [5.74, 6) is 1.47. The van der Waals surface area contributed by atoms with Crippen molar-refractivity contribution in [2.24, 2.45) is 17.6 Å². The minimum atomic E-state index is -0.335. The average molecular weight is 311 g/mol. The molecule has 4 aliphatic carbocycles. The summed E-state index contributed by atoms with van der Waals surface area (Å²) in [6.45, 7) is 5.26. The second kappa shape index (κ2) is 6.39. The lowest BCUT2D eigenvalue weighted by Crippen LogP contribution is -2.61. The number of hydrogen-bond acceptors (Lipinski definition) is 4. The van der Waals surface area contributed by atoms with Gasteiger partial charge in [-0.1, -0.05) is 13.8 Å². The fraction of sp³-hybridized carbons (Fsp3) is 1.00. The number of aliphatic hydroxyl groups excluding tert-OH is 1. The molecule has 4 rings (SSSR count). The Balaban J connectivity index is 1.67. The van der Waals surface area contributed by atoms with Gasteiger partial charge in [0.05, 0.1) is 30.5 Å². The van der Waals surface area contributed by atoms with Gasteiger partial charge >= 0.3 is 0 Å². The summed E-state index contributed by atoms with van der Waals surface area (Å²) in [6, 6.07) is 0.145. The van der Waals surface area contributed by atoms with Crippen molar-refractivity contribution in [1.82, 2.24) is 0 Å². The van der Waals surface area contributed by atoms with Gasteiger partial charge in [-0.3, -0.25) is 0 Å². The molecule has 0 saturated heterocycles. The van der Waals surface area contributed by atoms with E-state index in [0.717, 1.165) is 43.9 Å². The van der Waals surface area contributed by atoms with E-state index in [1.807, 2.05) is 6.92 Å². The van der Waals surface area contributed by atoms with Crippen molar-refractivity contribution in [3.8, 4) is 0 Å². The van der Waals surface area contributed by atoms with Crippen molar-refractivity contribution in [3.63, 3.8) is 0 Å². The molecule has 4 saturated carbocycles. The first-order valence-corrected chi connectivity index (χ1v) is 9.20. The lowest BCUT2D eigenvalue weighted by molar-refractivity contribution is -0.243. The molecule has 0 aromatic heterocycles. The van der Waals surface area contributed by atoms with Gasteiger partial charge in [0.2, 0.25) is 0 Å². The maximum absolute atomic E-state index is 9.86. The SMILES string of the molecule is CCC(N)COC12CC3CC(C1)CC(OCC(O)CC)(C3)C2. The molecular formula is C18H33NO3. The second-order valence-electron chi connectivity index (χ2n) is 8.18. The Morgan fingerprint density at radius 3 is 2.05 bits per heavy atom. The van der Waals surface area contributed by atoms with Crippen LogP contribution in [0.15, 0.2) is 0 Å². The Hall–Kier alpha value is -0.160. The minimum Gasteiger partial charge on any atom is -0.391 e. The van der Waals surface area contributed by atoms with Crippen LogP contribution in [0.5, 0.6) is 0 Å². The number of ether oxygens (including phenoxy) is 2. The van der Waals surface area contributed by atoms with Gasteiger partial charge in [0.25, 0.3) is 0 Å². The second-order valence-corrected chi connectivity index (χ2v) is 8.18. The summed E-state index contributed by atoms with van der Waals surface area (Å²) < 4.78 is 12.7. The third-order valence-electron chi connectivity index (χ3n) is 6.13. The first kappa shape index (κ1) is 16.7. The molecule has 0 radical (unpaired) electrons. The van der Waals surface area contributed by atoms with Crippen LogP contribution >= 0.6 is 0 Å². The Morgan fingerprint density at radius 1 is 1.00 bits per heavy atom. The van der Waals surface area contributed by atoms with Gasteiger partial charge in [-0.15, -0.1) is 0 Å². The van der Waals surface area contributed by atoms with Gasteiger partial charge in [-0.25, -0.2) is 0 Å². The quantitative estimate of drug-likeness (QED) is 0.723. The van der Waals surface area contributed by atoms with Gasteiger partial charge in [0, 0.05) is 12.5 Å². The molecule has 22 heavy (non-hydrogen) atoms. The van der Waals surface area contributed by atoms with Crippen molar-refractivity contribution in [2.75, 3.05) is 13.2 Å². The summed E-state index contributed by atoms with van der Waals surface area (Å²) in [5.41, 5.74) is 6.01. The number of nitrogens with two attached hydrogens (primary N) is 1. The largest absolute Gasteiger partial charge is 0.391 e. The van der Waals surface area contributed by atoms with Gasteiger partial charge in [0.15, 0.2) is 0 Å². The summed E-state index contributed by atoms with van der Waals surface area (Å²) >= 11 is 0. The molecule has 0 spiro atoms. The van der Waals surface area contributed by atoms with E-state index in [0.29, 0.717) is 13.2 Å². The van der Waals surface area contributed by atoms with E-state index in [4.69, 9.17) is 15.2 Å². The topological polar surface area (TPSA) is 64.7 Å². The van der Waals surface area contributed by atoms with Crippen LogP contribution in [0.3, 0.4) is 0 Å². The van der Waals surface area contributed by atoms with Gasteiger partial charge < -0.3 is 20.3 Å². The highest BCUT2D eigenvalue weighted by Gasteiger charge is 2.59. The molecule has 0 aromatic rings. The fourth-order valence-corrected chi connectivity index (χ4v) is 5.23. The van der Waals surface area contributed by atoms with Crippen LogP contribution in [0.25, 0.3) is 0 Å². The fourth-order valence-electron chi connectivity index (χ4n) is 5.23. The van der Waals surface area contributed by atoms with Crippen LogP contribution in [0.4, 0.5) is 0 Å². The standard InChI is InChI=1S/C18H33NO3/c1-3-15(19)10-21-17-6-13-5-14(7-17)9-18(8-13,12-17)22-11-16(20)4-2/h13-16,20H,3-12,19H2,1-2H3. The first-order chi connectivity index (χ1) is 10.5. The Bertz CT molecular complexity index is 341. The molecule has 4 nitrogen and oxygen atoms in total. The molecule has 0 aromatic carbocycles. The smallest absolute Gasteiger partial charge is 0.0771 e. The van der Waals surface area contributed by atoms with E-state index >= 15 is 0 Å². The van der Waals surface area contributed by atoms with Crippen molar-refractivity contribution in [3.05, 3.63) is 0 Å². The maximum atomic E-state index is 9.86. The van der Waals surface area contributed by atoms with E-state index in [9.17, 15) is 5.11 Å². The van der Waals surface area contributed by atoms with Gasteiger partial charge in [-0.2, -0.15) is 0 Å². The average Bonchev–Trinajstić information content (AvgIpc) is 2.49. The molecular weight excluding hydrogens is 278 g/mol. The van der Waals surface area contributed by atoms with Crippen molar-refractivity contribution in [2.45, 2.75) is 88.6 Å². The van der Waals surface area contributed by atoms with Crippen LogP contribution in [-0.4, -0.2) is 41.7 Å². The van der Waals surface area contributed by atoms with Crippen molar-refractivity contribution in [1.29, 1.82) is 0 Å². The molecule has 4 unspecified atom stereocenters. The molecule has 4 bridgehead atoms. The highest BCUT2D eigenvalue weighted by atomic mass is 16.5. The number of rotatable bonds is 8. The molecule has 4 aliphatic rings. The predicted molar refractivity (Wildman–Crippen MR) is 86.6 cm³/mol. The summed E-state index contributed by atoms with van der Waals surface area (Å²) in [4.78, 5) is 0. The van der Waals surface area contributed by atoms with Crippen LogP contribution in [0.2, 0.25) is 0 Å². The Labute approximate surface area is 134 Å². The molecule has 4 atom stereocenters. The highest BCUT2D eigenvalue weighted by Crippen LogP contribution is 2.60. The zero-order chi connectivity index (χ0) is 15.8. The maximum Gasteiger partial charge on any atom is 0.0771 e. The highest BCUT2D eigenvalue weighted by molar-refractivity contribution is 5.11. The van der Waals surface area contributed by atoms with E-state index < -0.39 is 0 Å². The first-order valence-electron chi connectivity index (χ1n) is 9.20. The number of aliphatic hydroxyl groups is 1. The minimum absolute atomic E-state index is 0.00591. The zero-order valence-corrected chi connectivity index (χ0v) is 14.2. The van der Waals surface area contributed by atoms with E-state index in [1.165, 1.54) is 19.3 Å². The molecule has 0 aliphatic heterocycles. The summed E-state index contributed by atoms with van der Waals surface area (Å²) in [5, 5.41) is 9.86. The Morgan fingerprint density at radius 2 is 1.55 bits per heavy atom. The molecule has 3 N–H and O–H groups in total. The number of hydrogen-bond donors (Lipinski definition) is 2. The lowest BCUT2D eigenvalue weighted by Gasteiger charge is -2.61. The van der Waals surface area contributed by atoms with E-state index in [2.05, 4.69) is 6.92 Å². The molecule has 128 valence electrons. The molecule has 0 amide bonds. The molecule has 4 heteroatoms. The third kappa shape index (κ3) is 3.35. The van der Waals surface area contributed by atoms with Crippen LogP contribution < -0.4 is 5.73 Å². The normalized spacial score (nSPS) is 42.5. The van der Waals surface area contributed by atoms with Crippen LogP contribution in [0.1, 0.15) is 65.2 Å². The van der Waals surface area contributed by atoms with Crippen LogP contribution in [-0.2, 0) is 9.47 Å². The van der Waals surface area contributed by atoms with Crippen LogP contribution in [0, 0.1) is 11.8 Å². The molecule has 0 heterocycles. The van der Waals surface area contributed by atoms with Gasteiger partial charge in [0.1, 0.15) is 0 Å². The van der Waals surface area contributed by atoms with Gasteiger partial charge in [-0.05, 0) is 56.8 Å². The Kier molecular flexibility index (Phi) is 4.84. The summed E-state index contributed by atoms with van der Waals surface area (Å²) in [6.07, 6.45) is 8.41. The zero-order valence-electron chi connectivity index (χ0n) is 14.2. The monoisotopic (exact) mass is 311 g/mol. The van der Waals surface area contributed by atoms with Crippen molar-refractivity contribution < 1.29 is 14.6 Å². The van der Waals surface area contributed by atoms with E-state index in [-0.39, 0.29) is 23.3 Å². The van der Waals surface area contributed by atoms with E-state index in [1.54, 1.807) is 0 Å².